The van der Waals surface area contributed by atoms with Crippen LogP contribution in [0.15, 0.2) is 0 Å². The minimum absolute atomic E-state index is 0.0448. The smallest absolute Gasteiger partial charge is 0.0769 e. The van der Waals surface area contributed by atoms with Gasteiger partial charge in [0.1, 0.15) is 0 Å². The molecule has 4 nitrogen and oxygen atoms in total. The van der Waals surface area contributed by atoms with Crippen molar-refractivity contribution in [3.8, 4) is 0 Å². The molecule has 0 spiro atoms. The zero-order valence-corrected chi connectivity index (χ0v) is 9.78. The predicted molar refractivity (Wildman–Crippen MR) is 58.8 cm³/mol. The number of aliphatic hydroxyl groups is 2. The molecule has 0 aliphatic carbocycles. The molecule has 0 aromatic rings. The lowest BCUT2D eigenvalue weighted by atomic mass is 9.96. The predicted octanol–water partition coefficient (Wildman–Crippen LogP) is 0.231. The van der Waals surface area contributed by atoms with Crippen molar-refractivity contribution >= 4 is 0 Å². The Kier molecular flexibility index (Phi) is 4.99. The molecule has 2 N–H and O–H groups in total. The van der Waals surface area contributed by atoms with Gasteiger partial charge in [-0.05, 0) is 12.8 Å². The van der Waals surface area contributed by atoms with Gasteiger partial charge in [-0.3, -0.25) is 4.90 Å². The van der Waals surface area contributed by atoms with E-state index >= 15 is 0 Å². The molecule has 1 aliphatic rings. The van der Waals surface area contributed by atoms with Crippen molar-refractivity contribution in [1.29, 1.82) is 0 Å². The van der Waals surface area contributed by atoms with E-state index in [1.54, 1.807) is 0 Å². The topological polar surface area (TPSA) is 52.9 Å². The number of rotatable bonds is 5. The first-order valence-corrected chi connectivity index (χ1v) is 5.80. The molecule has 0 saturated carbocycles. The van der Waals surface area contributed by atoms with Crippen molar-refractivity contribution in [3.63, 3.8) is 0 Å². The van der Waals surface area contributed by atoms with E-state index in [1.165, 1.54) is 0 Å². The van der Waals surface area contributed by atoms with Crippen LogP contribution in [0.1, 0.15) is 26.7 Å². The molecule has 1 heterocycles. The zero-order valence-electron chi connectivity index (χ0n) is 9.78. The largest absolute Gasteiger partial charge is 0.395 e. The number of morpholine rings is 1. The van der Waals surface area contributed by atoms with Gasteiger partial charge in [0.25, 0.3) is 0 Å². The summed E-state index contributed by atoms with van der Waals surface area (Å²) < 4.78 is 5.30. The van der Waals surface area contributed by atoms with Crippen LogP contribution in [-0.2, 0) is 4.74 Å². The number of hydrogen-bond donors (Lipinski definition) is 2. The molecular weight excluding hydrogens is 194 g/mol. The molecule has 1 saturated heterocycles. The van der Waals surface area contributed by atoms with Gasteiger partial charge in [0.2, 0.25) is 0 Å². The lowest BCUT2D eigenvalue weighted by Crippen LogP contribution is -2.53. The SMILES string of the molecule is CCC(O)(CC)CN1CCOCC1CO. The molecule has 15 heavy (non-hydrogen) atoms. The fourth-order valence-corrected chi connectivity index (χ4v) is 1.92. The van der Waals surface area contributed by atoms with Crippen LogP contribution < -0.4 is 0 Å². The van der Waals surface area contributed by atoms with Crippen LogP contribution in [0.4, 0.5) is 0 Å². The first-order chi connectivity index (χ1) is 7.15. The summed E-state index contributed by atoms with van der Waals surface area (Å²) in [6.45, 7) is 6.79. The van der Waals surface area contributed by atoms with Gasteiger partial charge in [0.05, 0.1) is 31.5 Å². The summed E-state index contributed by atoms with van der Waals surface area (Å²) in [5, 5.41) is 19.4. The van der Waals surface area contributed by atoms with Crippen LogP contribution in [0.3, 0.4) is 0 Å². The molecule has 1 rings (SSSR count). The highest BCUT2D eigenvalue weighted by Gasteiger charge is 2.30. The van der Waals surface area contributed by atoms with Gasteiger partial charge < -0.3 is 14.9 Å². The summed E-state index contributed by atoms with van der Waals surface area (Å²) in [5.74, 6) is 0. The Labute approximate surface area is 91.8 Å². The van der Waals surface area contributed by atoms with E-state index in [9.17, 15) is 10.2 Å². The second-order valence-electron chi connectivity index (χ2n) is 4.31. The molecule has 0 bridgehead atoms. The second-order valence-corrected chi connectivity index (χ2v) is 4.31. The second kappa shape index (κ2) is 5.80. The minimum atomic E-state index is -0.620. The summed E-state index contributed by atoms with van der Waals surface area (Å²) >= 11 is 0. The molecule has 0 amide bonds. The summed E-state index contributed by atoms with van der Waals surface area (Å²) in [5.41, 5.74) is -0.620. The molecule has 1 fully saturated rings. The maximum atomic E-state index is 10.2. The van der Waals surface area contributed by atoms with Crippen LogP contribution in [0.2, 0.25) is 0 Å². The molecular formula is C11H23NO3. The highest BCUT2D eigenvalue weighted by atomic mass is 16.5. The fourth-order valence-electron chi connectivity index (χ4n) is 1.92. The first kappa shape index (κ1) is 12.9. The van der Waals surface area contributed by atoms with Crippen LogP contribution in [0, 0.1) is 0 Å². The van der Waals surface area contributed by atoms with Crippen molar-refractivity contribution in [2.45, 2.75) is 38.3 Å². The average Bonchev–Trinajstić information content (AvgIpc) is 2.29. The molecule has 4 heteroatoms. The van der Waals surface area contributed by atoms with Crippen LogP contribution in [-0.4, -0.2) is 59.7 Å². The van der Waals surface area contributed by atoms with Gasteiger partial charge in [-0.1, -0.05) is 13.8 Å². The standard InChI is InChI=1S/C11H23NO3/c1-3-11(14,4-2)9-12-5-6-15-8-10(12)7-13/h10,13-14H,3-9H2,1-2H3. The lowest BCUT2D eigenvalue weighted by molar-refractivity contribution is -0.0737. The third-order valence-corrected chi connectivity index (χ3v) is 3.37. The summed E-state index contributed by atoms with van der Waals surface area (Å²) in [6.07, 6.45) is 1.50. The summed E-state index contributed by atoms with van der Waals surface area (Å²) in [6, 6.07) is 0.0448. The van der Waals surface area contributed by atoms with E-state index in [1.807, 2.05) is 13.8 Å². The maximum Gasteiger partial charge on any atom is 0.0769 e. The van der Waals surface area contributed by atoms with E-state index in [2.05, 4.69) is 4.90 Å². The van der Waals surface area contributed by atoms with Gasteiger partial charge in [-0.15, -0.1) is 0 Å². The van der Waals surface area contributed by atoms with E-state index in [-0.39, 0.29) is 12.6 Å². The molecule has 90 valence electrons. The first-order valence-electron chi connectivity index (χ1n) is 5.80. The van der Waals surface area contributed by atoms with Crippen LogP contribution in [0.25, 0.3) is 0 Å². The Hall–Kier alpha value is -0.160. The van der Waals surface area contributed by atoms with Gasteiger partial charge in [-0.2, -0.15) is 0 Å². The number of hydrogen-bond acceptors (Lipinski definition) is 4. The molecule has 0 radical (unpaired) electrons. The molecule has 1 atom stereocenters. The Morgan fingerprint density at radius 1 is 1.40 bits per heavy atom. The monoisotopic (exact) mass is 217 g/mol. The molecule has 0 aromatic heterocycles. The molecule has 1 aliphatic heterocycles. The van der Waals surface area contributed by atoms with Crippen molar-refractivity contribution < 1.29 is 14.9 Å². The Balaban J connectivity index is 2.53. The highest BCUT2D eigenvalue weighted by Crippen LogP contribution is 2.19. The highest BCUT2D eigenvalue weighted by molar-refractivity contribution is 4.84. The average molecular weight is 217 g/mol. The quantitative estimate of drug-likeness (QED) is 0.692. The normalized spacial score (nSPS) is 24.4. The van der Waals surface area contributed by atoms with Crippen molar-refractivity contribution in [2.75, 3.05) is 32.9 Å². The zero-order chi connectivity index (χ0) is 11.3. The lowest BCUT2D eigenvalue weighted by Gasteiger charge is -2.39. The number of nitrogens with zero attached hydrogens (tertiary/aromatic N) is 1. The van der Waals surface area contributed by atoms with Crippen molar-refractivity contribution in [2.24, 2.45) is 0 Å². The van der Waals surface area contributed by atoms with E-state index in [0.717, 1.165) is 19.4 Å². The third kappa shape index (κ3) is 3.41. The minimum Gasteiger partial charge on any atom is -0.395 e. The van der Waals surface area contributed by atoms with Crippen LogP contribution >= 0.6 is 0 Å². The number of aliphatic hydroxyl groups excluding tert-OH is 1. The Morgan fingerprint density at radius 2 is 2.07 bits per heavy atom. The number of β-amino-alcohol motifs (C(OH)–C–C–N with tert-alkyl or cyclic N) is 1. The van der Waals surface area contributed by atoms with Crippen molar-refractivity contribution in [1.82, 2.24) is 4.90 Å². The summed E-state index contributed by atoms with van der Waals surface area (Å²) in [7, 11) is 0. The van der Waals surface area contributed by atoms with Gasteiger partial charge in [-0.25, -0.2) is 0 Å². The Bertz CT molecular complexity index is 183. The van der Waals surface area contributed by atoms with Crippen molar-refractivity contribution in [3.05, 3.63) is 0 Å². The number of ether oxygens (including phenoxy) is 1. The third-order valence-electron chi connectivity index (χ3n) is 3.37. The molecule has 0 aromatic carbocycles. The maximum absolute atomic E-state index is 10.2. The van der Waals surface area contributed by atoms with E-state index in [0.29, 0.717) is 19.8 Å². The Morgan fingerprint density at radius 3 is 2.60 bits per heavy atom. The fraction of sp³-hybridized carbons (Fsp3) is 1.00. The summed E-state index contributed by atoms with van der Waals surface area (Å²) in [4.78, 5) is 2.14. The van der Waals surface area contributed by atoms with E-state index < -0.39 is 5.60 Å². The van der Waals surface area contributed by atoms with Gasteiger partial charge in [0, 0.05) is 13.1 Å². The molecule has 1 unspecified atom stereocenters. The van der Waals surface area contributed by atoms with Crippen LogP contribution in [0.5, 0.6) is 0 Å². The van der Waals surface area contributed by atoms with E-state index in [4.69, 9.17) is 4.74 Å². The van der Waals surface area contributed by atoms with Gasteiger partial charge >= 0.3 is 0 Å². The van der Waals surface area contributed by atoms with Gasteiger partial charge in [0.15, 0.2) is 0 Å².